The molecule has 0 aliphatic rings. The summed E-state index contributed by atoms with van der Waals surface area (Å²) in [5.74, 6) is -0.550. The predicted molar refractivity (Wildman–Crippen MR) is 62.1 cm³/mol. The molecule has 16 heavy (non-hydrogen) atoms. The Morgan fingerprint density at radius 2 is 2.31 bits per heavy atom. The van der Waals surface area contributed by atoms with Crippen LogP contribution in [0.15, 0.2) is 16.7 Å². The Labute approximate surface area is 102 Å². The normalized spacial score (nSPS) is 9.88. The molecule has 0 aliphatic heterocycles. The molecule has 5 nitrogen and oxygen atoms in total. The molecule has 0 fully saturated rings. The summed E-state index contributed by atoms with van der Waals surface area (Å²) in [4.78, 5) is 25.3. The number of carbonyl (C=O) groups is 2. The van der Waals surface area contributed by atoms with Crippen LogP contribution in [0, 0.1) is 0 Å². The van der Waals surface area contributed by atoms with Crippen molar-refractivity contribution in [3.8, 4) is 0 Å². The summed E-state index contributed by atoms with van der Waals surface area (Å²) in [6.07, 6.45) is 1.85. The van der Waals surface area contributed by atoms with Crippen molar-refractivity contribution < 1.29 is 14.3 Å². The molecule has 1 rings (SSSR count). The van der Waals surface area contributed by atoms with Gasteiger partial charge in [0.25, 0.3) is 5.91 Å². The Balaban J connectivity index is 2.28. The van der Waals surface area contributed by atoms with E-state index in [1.165, 1.54) is 0 Å². The summed E-state index contributed by atoms with van der Waals surface area (Å²) >= 11 is 3.23. The smallest absolute Gasteiger partial charge is 0.307 e. The number of rotatable bonds is 5. The van der Waals surface area contributed by atoms with Gasteiger partial charge in [0.2, 0.25) is 0 Å². The van der Waals surface area contributed by atoms with Crippen molar-refractivity contribution >= 4 is 27.8 Å². The molecule has 0 aliphatic carbocycles. The highest BCUT2D eigenvalue weighted by Gasteiger charge is 2.08. The van der Waals surface area contributed by atoms with E-state index in [1.54, 1.807) is 19.2 Å². The van der Waals surface area contributed by atoms with Gasteiger partial charge in [-0.3, -0.25) is 9.59 Å². The van der Waals surface area contributed by atoms with Crippen LogP contribution in [0.2, 0.25) is 0 Å². The summed E-state index contributed by atoms with van der Waals surface area (Å²) in [6.45, 7) is 2.37. The van der Waals surface area contributed by atoms with Crippen molar-refractivity contribution in [3.05, 3.63) is 22.4 Å². The summed E-state index contributed by atoms with van der Waals surface area (Å²) in [6, 6.07) is 1.67. The van der Waals surface area contributed by atoms with Crippen molar-refractivity contribution in [1.29, 1.82) is 0 Å². The zero-order valence-corrected chi connectivity index (χ0v) is 10.5. The van der Waals surface area contributed by atoms with E-state index in [9.17, 15) is 9.59 Å². The van der Waals surface area contributed by atoms with Gasteiger partial charge in [0.15, 0.2) is 0 Å². The molecule has 0 saturated carbocycles. The first-order valence-corrected chi connectivity index (χ1v) is 5.70. The summed E-state index contributed by atoms with van der Waals surface area (Å²) in [7, 11) is 0. The third kappa shape index (κ3) is 4.06. The monoisotopic (exact) mass is 288 g/mol. The van der Waals surface area contributed by atoms with Gasteiger partial charge in [-0.25, -0.2) is 0 Å². The quantitative estimate of drug-likeness (QED) is 0.806. The van der Waals surface area contributed by atoms with Crippen LogP contribution in [0.5, 0.6) is 0 Å². The van der Waals surface area contributed by atoms with E-state index in [1.807, 2.05) is 0 Å². The molecule has 0 atom stereocenters. The van der Waals surface area contributed by atoms with E-state index >= 15 is 0 Å². The molecule has 0 unspecified atom stereocenters. The van der Waals surface area contributed by atoms with Gasteiger partial charge >= 0.3 is 5.97 Å². The van der Waals surface area contributed by atoms with Gasteiger partial charge < -0.3 is 15.0 Å². The Kier molecular flexibility index (Phi) is 5.04. The Morgan fingerprint density at radius 1 is 1.56 bits per heavy atom. The molecule has 6 heteroatoms. The molecule has 0 bridgehead atoms. The molecular weight excluding hydrogens is 276 g/mol. The lowest BCUT2D eigenvalue weighted by atomic mass is 10.3. The average molecular weight is 289 g/mol. The lowest BCUT2D eigenvalue weighted by Gasteiger charge is -2.03. The first kappa shape index (κ1) is 12.8. The molecule has 0 radical (unpaired) electrons. The van der Waals surface area contributed by atoms with E-state index in [0.717, 1.165) is 4.47 Å². The van der Waals surface area contributed by atoms with Gasteiger partial charge in [-0.1, -0.05) is 0 Å². The highest BCUT2D eigenvalue weighted by atomic mass is 79.9. The third-order valence-corrected chi connectivity index (χ3v) is 2.27. The maximum absolute atomic E-state index is 11.5. The average Bonchev–Trinajstić information content (AvgIpc) is 2.65. The number of esters is 1. The number of halogens is 1. The largest absolute Gasteiger partial charge is 0.466 e. The number of nitrogens with one attached hydrogen (secondary N) is 2. The van der Waals surface area contributed by atoms with Crippen molar-refractivity contribution in [3.63, 3.8) is 0 Å². The highest BCUT2D eigenvalue weighted by Crippen LogP contribution is 2.10. The minimum Gasteiger partial charge on any atom is -0.466 e. The first-order valence-electron chi connectivity index (χ1n) is 4.91. The Hall–Kier alpha value is -1.30. The molecule has 88 valence electrons. The number of H-pyrrole nitrogens is 1. The number of aromatic nitrogens is 1. The second-order valence-electron chi connectivity index (χ2n) is 3.04. The molecule has 0 aromatic carbocycles. The van der Waals surface area contributed by atoms with Gasteiger partial charge in [0.05, 0.1) is 13.0 Å². The fourth-order valence-corrected chi connectivity index (χ4v) is 1.45. The number of carbonyl (C=O) groups excluding carboxylic acids is 2. The van der Waals surface area contributed by atoms with Crippen molar-refractivity contribution in [2.45, 2.75) is 13.3 Å². The fraction of sp³-hybridized carbons (Fsp3) is 0.400. The zero-order valence-electron chi connectivity index (χ0n) is 8.88. The lowest BCUT2D eigenvalue weighted by molar-refractivity contribution is -0.142. The molecule has 2 N–H and O–H groups in total. The maximum atomic E-state index is 11.5. The van der Waals surface area contributed by atoms with Crippen molar-refractivity contribution in [1.82, 2.24) is 10.3 Å². The van der Waals surface area contributed by atoms with Gasteiger partial charge in [-0.05, 0) is 28.9 Å². The fourth-order valence-electron chi connectivity index (χ4n) is 1.11. The number of amides is 1. The minimum atomic E-state index is -0.310. The van der Waals surface area contributed by atoms with Gasteiger partial charge in [0, 0.05) is 17.2 Å². The van der Waals surface area contributed by atoms with Gasteiger partial charge in [0.1, 0.15) is 5.69 Å². The number of hydrogen-bond donors (Lipinski definition) is 2. The second kappa shape index (κ2) is 6.32. The lowest BCUT2D eigenvalue weighted by Crippen LogP contribution is -2.26. The third-order valence-electron chi connectivity index (χ3n) is 1.81. The number of ether oxygens (including phenoxy) is 1. The topological polar surface area (TPSA) is 71.2 Å². The molecular formula is C10H13BrN2O3. The first-order chi connectivity index (χ1) is 7.63. The van der Waals surface area contributed by atoms with E-state index in [2.05, 4.69) is 26.2 Å². The standard InChI is InChI=1S/C10H13BrN2O3/c1-2-16-9(14)3-4-12-10(15)8-5-7(11)6-13-8/h5-6,13H,2-4H2,1H3,(H,12,15). The van der Waals surface area contributed by atoms with Crippen LogP contribution in [0.1, 0.15) is 23.8 Å². The molecule has 1 heterocycles. The number of aromatic amines is 1. The molecule has 0 spiro atoms. The van der Waals surface area contributed by atoms with Crippen LogP contribution in [0.3, 0.4) is 0 Å². The van der Waals surface area contributed by atoms with Gasteiger partial charge in [-0.15, -0.1) is 0 Å². The predicted octanol–water partition coefficient (Wildman–Crippen LogP) is 1.46. The molecule has 1 aromatic heterocycles. The van der Waals surface area contributed by atoms with Crippen LogP contribution in [0.4, 0.5) is 0 Å². The summed E-state index contributed by atoms with van der Waals surface area (Å²) in [5, 5.41) is 2.61. The zero-order chi connectivity index (χ0) is 12.0. The number of hydrogen-bond acceptors (Lipinski definition) is 3. The molecule has 1 amide bonds. The van der Waals surface area contributed by atoms with Gasteiger partial charge in [-0.2, -0.15) is 0 Å². The second-order valence-corrected chi connectivity index (χ2v) is 3.96. The Morgan fingerprint density at radius 3 is 2.88 bits per heavy atom. The van der Waals surface area contributed by atoms with Crippen LogP contribution < -0.4 is 5.32 Å². The maximum Gasteiger partial charge on any atom is 0.307 e. The highest BCUT2D eigenvalue weighted by molar-refractivity contribution is 9.10. The van der Waals surface area contributed by atoms with E-state index in [0.29, 0.717) is 12.3 Å². The minimum absolute atomic E-state index is 0.182. The van der Waals surface area contributed by atoms with E-state index < -0.39 is 0 Å². The van der Waals surface area contributed by atoms with Crippen LogP contribution in [0.25, 0.3) is 0 Å². The SMILES string of the molecule is CCOC(=O)CCNC(=O)c1cc(Br)c[nH]1. The molecule has 1 aromatic rings. The van der Waals surface area contributed by atoms with Crippen molar-refractivity contribution in [2.24, 2.45) is 0 Å². The Bertz CT molecular complexity index is 376. The van der Waals surface area contributed by atoms with Crippen LogP contribution in [-0.4, -0.2) is 30.0 Å². The van der Waals surface area contributed by atoms with Crippen LogP contribution in [-0.2, 0) is 9.53 Å². The van der Waals surface area contributed by atoms with E-state index in [4.69, 9.17) is 4.74 Å². The van der Waals surface area contributed by atoms with E-state index in [-0.39, 0.29) is 24.8 Å². The summed E-state index contributed by atoms with van der Waals surface area (Å²) in [5.41, 5.74) is 0.454. The summed E-state index contributed by atoms with van der Waals surface area (Å²) < 4.78 is 5.54. The van der Waals surface area contributed by atoms with Crippen molar-refractivity contribution in [2.75, 3.05) is 13.2 Å². The van der Waals surface area contributed by atoms with Crippen LogP contribution >= 0.6 is 15.9 Å². The molecule has 0 saturated heterocycles.